The molecule has 0 aromatic carbocycles. The van der Waals surface area contributed by atoms with Gasteiger partial charge in [0, 0.05) is 13.1 Å². The van der Waals surface area contributed by atoms with Crippen LogP contribution in [0.25, 0.3) is 0 Å². The number of hydrogen-bond donors (Lipinski definition) is 1. The van der Waals surface area contributed by atoms with Gasteiger partial charge in [-0.2, -0.15) is 0 Å². The Morgan fingerprint density at radius 1 is 1.54 bits per heavy atom. The highest BCUT2D eigenvalue weighted by Crippen LogP contribution is 2.15. The molecule has 0 amide bonds. The molecule has 1 aliphatic heterocycles. The zero-order valence-electron chi connectivity index (χ0n) is 8.92. The van der Waals surface area contributed by atoms with Crippen molar-refractivity contribution in [2.24, 2.45) is 5.92 Å². The fourth-order valence-electron chi connectivity index (χ4n) is 2.03. The fourth-order valence-corrected chi connectivity index (χ4v) is 2.03. The van der Waals surface area contributed by atoms with Gasteiger partial charge in [-0.1, -0.05) is 12.2 Å². The molecule has 13 heavy (non-hydrogen) atoms. The topological polar surface area (TPSA) is 15.3 Å². The van der Waals surface area contributed by atoms with Gasteiger partial charge < -0.3 is 5.32 Å². The fraction of sp³-hybridized carbons (Fsp3) is 0.818. The maximum Gasteiger partial charge on any atom is 0.0163 e. The molecule has 1 N–H and O–H groups in total. The van der Waals surface area contributed by atoms with Crippen molar-refractivity contribution in [3.63, 3.8) is 0 Å². The second-order valence-electron chi connectivity index (χ2n) is 3.89. The van der Waals surface area contributed by atoms with Gasteiger partial charge in [0.1, 0.15) is 0 Å². The number of nitrogens with zero attached hydrogens (tertiary/aromatic N) is 1. The Balaban J connectivity index is 2.24. The van der Waals surface area contributed by atoms with Crippen molar-refractivity contribution in [2.45, 2.75) is 19.8 Å². The van der Waals surface area contributed by atoms with E-state index in [1.165, 1.54) is 32.5 Å². The van der Waals surface area contributed by atoms with E-state index in [0.717, 1.165) is 12.5 Å². The first-order valence-electron chi connectivity index (χ1n) is 5.35. The molecule has 1 unspecified atom stereocenters. The molecule has 76 valence electrons. The third-order valence-corrected chi connectivity index (χ3v) is 2.70. The zero-order chi connectivity index (χ0) is 9.52. The number of piperidine rings is 1. The van der Waals surface area contributed by atoms with Crippen LogP contribution in [0.2, 0.25) is 0 Å². The van der Waals surface area contributed by atoms with Crippen molar-refractivity contribution >= 4 is 0 Å². The van der Waals surface area contributed by atoms with Gasteiger partial charge in [0.25, 0.3) is 0 Å². The average Bonchev–Trinajstić information content (AvgIpc) is 2.16. The molecule has 1 saturated heterocycles. The number of nitrogens with one attached hydrogen (secondary N) is 1. The molecule has 0 saturated carbocycles. The monoisotopic (exact) mass is 182 g/mol. The highest BCUT2D eigenvalue weighted by Gasteiger charge is 2.17. The molecule has 0 aliphatic carbocycles. The van der Waals surface area contributed by atoms with Gasteiger partial charge >= 0.3 is 0 Å². The summed E-state index contributed by atoms with van der Waals surface area (Å²) >= 11 is 0. The third kappa shape index (κ3) is 3.92. The van der Waals surface area contributed by atoms with Crippen molar-refractivity contribution in [1.29, 1.82) is 0 Å². The normalized spacial score (nSPS) is 25.5. The first-order valence-corrected chi connectivity index (χ1v) is 5.35. The number of allylic oxidation sites excluding steroid dienone is 1. The van der Waals surface area contributed by atoms with Crippen LogP contribution >= 0.6 is 0 Å². The van der Waals surface area contributed by atoms with E-state index in [4.69, 9.17) is 0 Å². The van der Waals surface area contributed by atoms with E-state index in [1.807, 2.05) is 7.05 Å². The average molecular weight is 182 g/mol. The van der Waals surface area contributed by atoms with Gasteiger partial charge in [-0.25, -0.2) is 0 Å². The van der Waals surface area contributed by atoms with Crippen LogP contribution in [0.5, 0.6) is 0 Å². The van der Waals surface area contributed by atoms with E-state index in [9.17, 15) is 0 Å². The van der Waals surface area contributed by atoms with Crippen molar-refractivity contribution in [3.8, 4) is 0 Å². The van der Waals surface area contributed by atoms with Crippen LogP contribution < -0.4 is 5.32 Å². The molecule has 1 rings (SSSR count). The van der Waals surface area contributed by atoms with Crippen LogP contribution in [-0.4, -0.2) is 38.1 Å². The number of rotatable bonds is 4. The molecule has 1 heterocycles. The summed E-state index contributed by atoms with van der Waals surface area (Å²) in [5.74, 6) is 0.865. The molecule has 0 bridgehead atoms. The highest BCUT2D eigenvalue weighted by molar-refractivity contribution is 4.84. The summed E-state index contributed by atoms with van der Waals surface area (Å²) in [6.07, 6.45) is 7.15. The standard InChI is InChI=1S/C11H22N2/c1-3-4-7-13-8-5-6-11(10-13)9-12-2/h3-4,11-12H,5-10H2,1-2H3. The van der Waals surface area contributed by atoms with Gasteiger partial charge in [0.05, 0.1) is 0 Å². The quantitative estimate of drug-likeness (QED) is 0.663. The van der Waals surface area contributed by atoms with Crippen LogP contribution in [0.15, 0.2) is 12.2 Å². The maximum absolute atomic E-state index is 3.27. The second kappa shape index (κ2) is 6.17. The van der Waals surface area contributed by atoms with E-state index in [-0.39, 0.29) is 0 Å². The van der Waals surface area contributed by atoms with Crippen molar-refractivity contribution in [3.05, 3.63) is 12.2 Å². The summed E-state index contributed by atoms with van der Waals surface area (Å²) in [6.45, 7) is 6.95. The molecule has 0 radical (unpaired) electrons. The van der Waals surface area contributed by atoms with Crippen molar-refractivity contribution < 1.29 is 0 Å². The Bertz CT molecular complexity index is 152. The number of likely N-dealkylation sites (tertiary alicyclic amines) is 1. The lowest BCUT2D eigenvalue weighted by molar-refractivity contribution is 0.190. The van der Waals surface area contributed by atoms with E-state index in [2.05, 4.69) is 29.3 Å². The summed E-state index contributed by atoms with van der Waals surface area (Å²) in [7, 11) is 2.05. The first-order chi connectivity index (χ1) is 6.36. The molecule has 1 aliphatic rings. The van der Waals surface area contributed by atoms with Crippen molar-refractivity contribution in [1.82, 2.24) is 10.2 Å². The van der Waals surface area contributed by atoms with Crippen LogP contribution in [0.4, 0.5) is 0 Å². The van der Waals surface area contributed by atoms with Crippen LogP contribution in [-0.2, 0) is 0 Å². The minimum atomic E-state index is 0.865. The zero-order valence-corrected chi connectivity index (χ0v) is 8.92. The summed E-state index contributed by atoms with van der Waals surface area (Å²) in [5, 5.41) is 3.27. The summed E-state index contributed by atoms with van der Waals surface area (Å²) in [4.78, 5) is 2.55. The minimum Gasteiger partial charge on any atom is -0.319 e. The van der Waals surface area contributed by atoms with Gasteiger partial charge in [-0.15, -0.1) is 0 Å². The maximum atomic E-state index is 3.27. The van der Waals surface area contributed by atoms with Crippen LogP contribution in [0.3, 0.4) is 0 Å². The van der Waals surface area contributed by atoms with Gasteiger partial charge in [0.15, 0.2) is 0 Å². The predicted molar refractivity (Wildman–Crippen MR) is 57.9 cm³/mol. The van der Waals surface area contributed by atoms with Crippen LogP contribution in [0, 0.1) is 5.92 Å². The number of hydrogen-bond acceptors (Lipinski definition) is 2. The third-order valence-electron chi connectivity index (χ3n) is 2.70. The molecule has 2 nitrogen and oxygen atoms in total. The predicted octanol–water partition coefficient (Wildman–Crippen LogP) is 1.49. The smallest absolute Gasteiger partial charge is 0.0163 e. The summed E-state index contributed by atoms with van der Waals surface area (Å²) in [6, 6.07) is 0. The lowest BCUT2D eigenvalue weighted by atomic mass is 9.98. The van der Waals surface area contributed by atoms with E-state index in [0.29, 0.717) is 0 Å². The highest BCUT2D eigenvalue weighted by atomic mass is 15.1. The van der Waals surface area contributed by atoms with Crippen LogP contribution in [0.1, 0.15) is 19.8 Å². The molecule has 1 fully saturated rings. The first kappa shape index (κ1) is 10.7. The van der Waals surface area contributed by atoms with Gasteiger partial charge in [-0.3, -0.25) is 4.90 Å². The Morgan fingerprint density at radius 3 is 3.08 bits per heavy atom. The summed E-state index contributed by atoms with van der Waals surface area (Å²) in [5.41, 5.74) is 0. The van der Waals surface area contributed by atoms with E-state index < -0.39 is 0 Å². The molecular formula is C11H22N2. The minimum absolute atomic E-state index is 0.865. The SMILES string of the molecule is CC=CCN1CCCC(CNC)C1. The van der Waals surface area contributed by atoms with E-state index >= 15 is 0 Å². The molecule has 0 aromatic heterocycles. The Hall–Kier alpha value is -0.340. The Labute approximate surface area is 82.0 Å². The molecular weight excluding hydrogens is 160 g/mol. The second-order valence-corrected chi connectivity index (χ2v) is 3.89. The molecule has 0 spiro atoms. The lowest BCUT2D eigenvalue weighted by Gasteiger charge is -2.31. The Kier molecular flexibility index (Phi) is 5.09. The van der Waals surface area contributed by atoms with Crippen molar-refractivity contribution in [2.75, 3.05) is 33.2 Å². The van der Waals surface area contributed by atoms with Gasteiger partial charge in [0.2, 0.25) is 0 Å². The van der Waals surface area contributed by atoms with Gasteiger partial charge in [-0.05, 0) is 45.8 Å². The lowest BCUT2D eigenvalue weighted by Crippen LogP contribution is -2.38. The molecule has 2 heteroatoms. The molecule has 1 atom stereocenters. The Morgan fingerprint density at radius 2 is 2.38 bits per heavy atom. The van der Waals surface area contributed by atoms with E-state index in [1.54, 1.807) is 0 Å². The largest absolute Gasteiger partial charge is 0.319 e. The molecule has 0 aromatic rings. The summed E-state index contributed by atoms with van der Waals surface area (Å²) < 4.78 is 0.